The Labute approximate surface area is 156 Å². The number of rotatable bonds is 5. The van der Waals surface area contributed by atoms with Gasteiger partial charge in [-0.25, -0.2) is 9.97 Å². The molecule has 0 bridgehead atoms. The van der Waals surface area contributed by atoms with Crippen LogP contribution < -0.4 is 10.6 Å². The normalized spacial score (nSPS) is 16.2. The molecule has 1 fully saturated rings. The Kier molecular flexibility index (Phi) is 5.48. The summed E-state index contributed by atoms with van der Waals surface area (Å²) >= 11 is 5.73. The van der Waals surface area contributed by atoms with Gasteiger partial charge in [-0.3, -0.25) is 9.59 Å². The molecule has 1 aliphatic heterocycles. The standard InChI is InChI=1S/C18H18ClN5O2/c1-2-17(25)23-13-5-3-12(4-6-13)18(26)24-8-7-14(11-24)22-16-10-20-15(19)9-21-16/h2-6,9-10,14H,1,7-8,11H2,(H,21,22)(H,23,25)/t14-/m1/s1. The van der Waals surface area contributed by atoms with E-state index in [2.05, 4.69) is 27.2 Å². The Hall–Kier alpha value is -2.93. The van der Waals surface area contributed by atoms with E-state index >= 15 is 0 Å². The van der Waals surface area contributed by atoms with Crippen LogP contribution in [0.3, 0.4) is 0 Å². The molecule has 0 unspecified atom stereocenters. The second-order valence-electron chi connectivity index (χ2n) is 5.88. The molecule has 8 heteroatoms. The quantitative estimate of drug-likeness (QED) is 0.789. The summed E-state index contributed by atoms with van der Waals surface area (Å²) in [5.74, 6) is 0.303. The number of benzene rings is 1. The molecule has 0 aliphatic carbocycles. The zero-order chi connectivity index (χ0) is 18.5. The Bertz CT molecular complexity index is 807. The van der Waals surface area contributed by atoms with Gasteiger partial charge in [0, 0.05) is 30.4 Å². The highest BCUT2D eigenvalue weighted by atomic mass is 35.5. The van der Waals surface area contributed by atoms with Gasteiger partial charge in [-0.05, 0) is 36.8 Å². The highest BCUT2D eigenvalue weighted by molar-refractivity contribution is 6.29. The van der Waals surface area contributed by atoms with E-state index in [-0.39, 0.29) is 17.9 Å². The molecule has 3 rings (SSSR count). The first-order valence-corrected chi connectivity index (χ1v) is 8.50. The first-order chi connectivity index (χ1) is 12.5. The van der Waals surface area contributed by atoms with Gasteiger partial charge in [0.15, 0.2) is 0 Å². The van der Waals surface area contributed by atoms with Gasteiger partial charge in [-0.2, -0.15) is 0 Å². The number of carbonyl (C=O) groups is 2. The molecule has 2 heterocycles. The molecule has 1 aromatic carbocycles. The Morgan fingerprint density at radius 1 is 1.23 bits per heavy atom. The van der Waals surface area contributed by atoms with E-state index in [0.717, 1.165) is 6.42 Å². The summed E-state index contributed by atoms with van der Waals surface area (Å²) in [6, 6.07) is 6.91. The number of carbonyl (C=O) groups excluding carboxylic acids is 2. The number of nitrogens with one attached hydrogen (secondary N) is 2. The van der Waals surface area contributed by atoms with Gasteiger partial charge in [0.2, 0.25) is 5.91 Å². The smallest absolute Gasteiger partial charge is 0.253 e. The van der Waals surface area contributed by atoms with Gasteiger partial charge in [0.05, 0.1) is 12.4 Å². The molecule has 2 amide bonds. The van der Waals surface area contributed by atoms with E-state index < -0.39 is 0 Å². The third-order valence-electron chi connectivity index (χ3n) is 4.03. The summed E-state index contributed by atoms with van der Waals surface area (Å²) in [5, 5.41) is 6.25. The maximum Gasteiger partial charge on any atom is 0.253 e. The monoisotopic (exact) mass is 371 g/mol. The molecule has 0 saturated carbocycles. The van der Waals surface area contributed by atoms with Crippen molar-refractivity contribution in [3.63, 3.8) is 0 Å². The summed E-state index contributed by atoms with van der Waals surface area (Å²) in [6.07, 6.45) is 5.07. The van der Waals surface area contributed by atoms with Crippen LogP contribution in [-0.4, -0.2) is 45.8 Å². The van der Waals surface area contributed by atoms with E-state index in [0.29, 0.717) is 35.3 Å². The van der Waals surface area contributed by atoms with Gasteiger partial charge in [-0.1, -0.05) is 18.2 Å². The van der Waals surface area contributed by atoms with E-state index in [4.69, 9.17) is 11.6 Å². The van der Waals surface area contributed by atoms with Crippen LogP contribution in [0.1, 0.15) is 16.8 Å². The van der Waals surface area contributed by atoms with E-state index in [1.807, 2.05) is 0 Å². The maximum absolute atomic E-state index is 12.6. The van der Waals surface area contributed by atoms with Crippen molar-refractivity contribution in [2.75, 3.05) is 23.7 Å². The molecule has 2 N–H and O–H groups in total. The van der Waals surface area contributed by atoms with Crippen LogP contribution in [0.4, 0.5) is 11.5 Å². The highest BCUT2D eigenvalue weighted by Crippen LogP contribution is 2.18. The van der Waals surface area contributed by atoms with E-state index in [9.17, 15) is 9.59 Å². The number of halogens is 1. The molecule has 1 aliphatic rings. The van der Waals surface area contributed by atoms with Crippen molar-refractivity contribution in [3.05, 3.63) is 60.0 Å². The summed E-state index contributed by atoms with van der Waals surface area (Å²) in [6.45, 7) is 4.64. The number of amides is 2. The van der Waals surface area contributed by atoms with Gasteiger partial charge in [0.25, 0.3) is 5.91 Å². The predicted octanol–water partition coefficient (Wildman–Crippen LogP) is 2.58. The van der Waals surface area contributed by atoms with Crippen molar-refractivity contribution in [2.24, 2.45) is 0 Å². The average molecular weight is 372 g/mol. The minimum absolute atomic E-state index is 0.0434. The molecule has 0 spiro atoms. The molecule has 2 aromatic rings. The first kappa shape index (κ1) is 17.9. The lowest BCUT2D eigenvalue weighted by atomic mass is 10.2. The zero-order valence-electron chi connectivity index (χ0n) is 14.0. The molecule has 7 nitrogen and oxygen atoms in total. The number of hydrogen-bond acceptors (Lipinski definition) is 5. The minimum Gasteiger partial charge on any atom is -0.364 e. The Morgan fingerprint density at radius 2 is 2.00 bits per heavy atom. The molecular formula is C18H18ClN5O2. The summed E-state index contributed by atoms with van der Waals surface area (Å²) in [5.41, 5.74) is 1.20. The minimum atomic E-state index is -0.289. The number of likely N-dealkylation sites (tertiary alicyclic amines) is 1. The number of anilines is 2. The second kappa shape index (κ2) is 7.97. The van der Waals surface area contributed by atoms with Crippen LogP contribution >= 0.6 is 11.6 Å². The fourth-order valence-electron chi connectivity index (χ4n) is 2.73. The Balaban J connectivity index is 1.57. The summed E-state index contributed by atoms with van der Waals surface area (Å²) < 4.78 is 0. The molecule has 1 aromatic heterocycles. The van der Waals surface area contributed by atoms with Crippen molar-refractivity contribution >= 4 is 34.9 Å². The molecule has 134 valence electrons. The largest absolute Gasteiger partial charge is 0.364 e. The highest BCUT2D eigenvalue weighted by Gasteiger charge is 2.27. The van der Waals surface area contributed by atoms with Gasteiger partial charge >= 0.3 is 0 Å². The Morgan fingerprint density at radius 3 is 2.65 bits per heavy atom. The lowest BCUT2D eigenvalue weighted by molar-refractivity contribution is -0.111. The first-order valence-electron chi connectivity index (χ1n) is 8.12. The van der Waals surface area contributed by atoms with Gasteiger partial charge < -0.3 is 15.5 Å². The summed E-state index contributed by atoms with van der Waals surface area (Å²) in [7, 11) is 0. The van der Waals surface area contributed by atoms with Crippen molar-refractivity contribution in [2.45, 2.75) is 12.5 Å². The average Bonchev–Trinajstić information content (AvgIpc) is 3.12. The number of nitrogens with zero attached hydrogens (tertiary/aromatic N) is 3. The molecule has 1 atom stereocenters. The SMILES string of the molecule is C=CC(=O)Nc1ccc(C(=O)N2CC[C@@H](Nc3cnc(Cl)cn3)C2)cc1. The summed E-state index contributed by atoms with van der Waals surface area (Å²) in [4.78, 5) is 33.8. The van der Waals surface area contributed by atoms with Crippen LogP contribution in [0.15, 0.2) is 49.3 Å². The number of aromatic nitrogens is 2. The number of hydrogen-bond donors (Lipinski definition) is 2. The fraction of sp³-hybridized carbons (Fsp3) is 0.222. The van der Waals surface area contributed by atoms with Gasteiger partial charge in [0.1, 0.15) is 11.0 Å². The maximum atomic E-state index is 12.6. The van der Waals surface area contributed by atoms with Crippen molar-refractivity contribution in [3.8, 4) is 0 Å². The molecule has 1 saturated heterocycles. The van der Waals surface area contributed by atoms with Crippen LogP contribution in [0.5, 0.6) is 0 Å². The molecule has 0 radical (unpaired) electrons. The second-order valence-corrected chi connectivity index (χ2v) is 6.26. The van der Waals surface area contributed by atoms with Crippen LogP contribution in [0, 0.1) is 0 Å². The van der Waals surface area contributed by atoms with Crippen LogP contribution in [-0.2, 0) is 4.79 Å². The van der Waals surface area contributed by atoms with Gasteiger partial charge in [-0.15, -0.1) is 0 Å². The van der Waals surface area contributed by atoms with Crippen LogP contribution in [0.25, 0.3) is 0 Å². The molecular weight excluding hydrogens is 354 g/mol. The van der Waals surface area contributed by atoms with Crippen molar-refractivity contribution < 1.29 is 9.59 Å². The third-order valence-corrected chi connectivity index (χ3v) is 4.23. The zero-order valence-corrected chi connectivity index (χ0v) is 14.7. The van der Waals surface area contributed by atoms with E-state index in [1.54, 1.807) is 35.4 Å². The third kappa shape index (κ3) is 4.37. The molecule has 26 heavy (non-hydrogen) atoms. The fourth-order valence-corrected chi connectivity index (χ4v) is 2.83. The van der Waals surface area contributed by atoms with E-state index in [1.165, 1.54) is 12.3 Å². The predicted molar refractivity (Wildman–Crippen MR) is 100 cm³/mol. The van der Waals surface area contributed by atoms with Crippen molar-refractivity contribution in [1.29, 1.82) is 0 Å². The lowest BCUT2D eigenvalue weighted by Gasteiger charge is -2.17. The van der Waals surface area contributed by atoms with Crippen LogP contribution in [0.2, 0.25) is 5.15 Å². The van der Waals surface area contributed by atoms with Crippen molar-refractivity contribution in [1.82, 2.24) is 14.9 Å². The topological polar surface area (TPSA) is 87.2 Å². The lowest BCUT2D eigenvalue weighted by Crippen LogP contribution is -2.31.